The lowest BCUT2D eigenvalue weighted by Crippen LogP contribution is -2.23. The summed E-state index contributed by atoms with van der Waals surface area (Å²) in [5.74, 6) is -0.286. The summed E-state index contributed by atoms with van der Waals surface area (Å²) in [4.78, 5) is 0. The Balaban J connectivity index is 2.10. The highest BCUT2D eigenvalue weighted by Gasteiger charge is 2.15. The monoisotopic (exact) mass is 319 g/mol. The summed E-state index contributed by atoms with van der Waals surface area (Å²) in [5.41, 5.74) is 1.50. The molecule has 4 heteroatoms. The molecule has 2 unspecified atom stereocenters. The van der Waals surface area contributed by atoms with Crippen LogP contribution in [-0.4, -0.2) is 6.10 Å². The van der Waals surface area contributed by atoms with Crippen LogP contribution in [0.1, 0.15) is 50.9 Å². The van der Waals surface area contributed by atoms with Crippen LogP contribution < -0.4 is 10.1 Å². The van der Waals surface area contributed by atoms with Gasteiger partial charge in [0.1, 0.15) is 17.4 Å². The lowest BCUT2D eigenvalue weighted by molar-refractivity contribution is 0.242. The van der Waals surface area contributed by atoms with E-state index >= 15 is 0 Å². The first kappa shape index (κ1) is 17.4. The maximum Gasteiger partial charge on any atom is 0.130 e. The largest absolute Gasteiger partial charge is 0.491 e. The summed E-state index contributed by atoms with van der Waals surface area (Å²) in [6.07, 6.45) is 0.112. The van der Waals surface area contributed by atoms with Crippen LogP contribution in [-0.2, 0) is 0 Å². The zero-order chi connectivity index (χ0) is 17.0. The molecule has 2 atom stereocenters. The van der Waals surface area contributed by atoms with Gasteiger partial charge in [0.2, 0.25) is 0 Å². The summed E-state index contributed by atoms with van der Waals surface area (Å²) in [6, 6.07) is 11.3. The van der Waals surface area contributed by atoms with Crippen molar-refractivity contribution in [2.24, 2.45) is 0 Å². The fourth-order valence-corrected chi connectivity index (χ4v) is 2.54. The van der Waals surface area contributed by atoms with Crippen molar-refractivity contribution in [2.75, 3.05) is 0 Å². The van der Waals surface area contributed by atoms with Crippen molar-refractivity contribution in [3.8, 4) is 5.75 Å². The van der Waals surface area contributed by atoms with E-state index in [9.17, 15) is 8.78 Å². The van der Waals surface area contributed by atoms with E-state index < -0.39 is 11.6 Å². The van der Waals surface area contributed by atoms with E-state index in [0.29, 0.717) is 5.56 Å². The number of benzene rings is 2. The van der Waals surface area contributed by atoms with Gasteiger partial charge in [0, 0.05) is 23.7 Å². The zero-order valence-corrected chi connectivity index (χ0v) is 13.9. The van der Waals surface area contributed by atoms with Crippen LogP contribution >= 0.6 is 0 Å². The average Bonchev–Trinajstić information content (AvgIpc) is 2.46. The normalized spacial score (nSPS) is 13.9. The molecule has 124 valence electrons. The first-order valence-electron chi connectivity index (χ1n) is 7.84. The molecule has 0 bridgehead atoms. The Morgan fingerprint density at radius 3 is 2.30 bits per heavy atom. The molecular formula is C19H23F2NO. The third-order valence-corrected chi connectivity index (χ3v) is 3.66. The van der Waals surface area contributed by atoms with E-state index in [1.54, 1.807) is 0 Å². The van der Waals surface area contributed by atoms with E-state index in [1.165, 1.54) is 12.1 Å². The van der Waals surface area contributed by atoms with E-state index in [2.05, 4.69) is 5.32 Å². The molecular weight excluding hydrogens is 296 g/mol. The highest BCUT2D eigenvalue weighted by Crippen LogP contribution is 2.24. The third kappa shape index (κ3) is 4.76. The molecule has 0 heterocycles. The SMILES string of the molecule is CC(C)Oc1cccc(C(C)NC(C)c2ccc(F)cc2F)c1. The van der Waals surface area contributed by atoms with Crippen LogP contribution in [0.3, 0.4) is 0 Å². The van der Waals surface area contributed by atoms with Crippen LogP contribution in [0.15, 0.2) is 42.5 Å². The zero-order valence-electron chi connectivity index (χ0n) is 13.9. The van der Waals surface area contributed by atoms with Crippen molar-refractivity contribution >= 4 is 0 Å². The lowest BCUT2D eigenvalue weighted by atomic mass is 10.0. The van der Waals surface area contributed by atoms with Crippen LogP contribution in [0, 0.1) is 11.6 Å². The molecule has 2 rings (SSSR count). The third-order valence-electron chi connectivity index (χ3n) is 3.66. The van der Waals surface area contributed by atoms with Gasteiger partial charge in [0.05, 0.1) is 6.10 Å². The van der Waals surface area contributed by atoms with Gasteiger partial charge in [-0.05, 0) is 51.5 Å². The Morgan fingerprint density at radius 1 is 0.913 bits per heavy atom. The van der Waals surface area contributed by atoms with Crippen molar-refractivity contribution in [3.63, 3.8) is 0 Å². The molecule has 0 amide bonds. The first-order chi connectivity index (χ1) is 10.9. The fraction of sp³-hybridized carbons (Fsp3) is 0.368. The molecule has 0 aliphatic heterocycles. The van der Waals surface area contributed by atoms with Crippen molar-refractivity contribution < 1.29 is 13.5 Å². The topological polar surface area (TPSA) is 21.3 Å². The van der Waals surface area contributed by atoms with Crippen LogP contribution in [0.4, 0.5) is 8.78 Å². The Morgan fingerprint density at radius 2 is 1.65 bits per heavy atom. The molecule has 0 saturated heterocycles. The Bertz CT molecular complexity index is 658. The minimum Gasteiger partial charge on any atom is -0.491 e. The smallest absolute Gasteiger partial charge is 0.130 e. The van der Waals surface area contributed by atoms with E-state index in [1.807, 2.05) is 52.0 Å². The van der Waals surface area contributed by atoms with Gasteiger partial charge in [-0.15, -0.1) is 0 Å². The minimum atomic E-state index is -0.565. The molecule has 0 saturated carbocycles. The second-order valence-electron chi connectivity index (χ2n) is 6.01. The second-order valence-corrected chi connectivity index (χ2v) is 6.01. The molecule has 1 N–H and O–H groups in total. The average molecular weight is 319 g/mol. The van der Waals surface area contributed by atoms with Gasteiger partial charge in [0.15, 0.2) is 0 Å². The number of ether oxygens (including phenoxy) is 1. The molecule has 0 aromatic heterocycles. The Hall–Kier alpha value is -1.94. The predicted octanol–water partition coefficient (Wildman–Crippen LogP) is 5.16. The quantitative estimate of drug-likeness (QED) is 0.793. The van der Waals surface area contributed by atoms with Gasteiger partial charge in [-0.1, -0.05) is 18.2 Å². The summed E-state index contributed by atoms with van der Waals surface area (Å²) in [5, 5.41) is 3.34. The number of halogens is 2. The van der Waals surface area contributed by atoms with Crippen LogP contribution in [0.25, 0.3) is 0 Å². The first-order valence-corrected chi connectivity index (χ1v) is 7.84. The molecule has 2 aromatic rings. The molecule has 0 aliphatic rings. The molecule has 2 nitrogen and oxygen atoms in total. The van der Waals surface area contributed by atoms with Gasteiger partial charge in [-0.25, -0.2) is 8.78 Å². The number of hydrogen-bond donors (Lipinski definition) is 1. The molecule has 0 aliphatic carbocycles. The van der Waals surface area contributed by atoms with Gasteiger partial charge < -0.3 is 10.1 Å². The lowest BCUT2D eigenvalue weighted by Gasteiger charge is -2.22. The Kier molecular flexibility index (Phi) is 5.72. The predicted molar refractivity (Wildman–Crippen MR) is 88.5 cm³/mol. The number of nitrogens with one attached hydrogen (secondary N) is 1. The maximum absolute atomic E-state index is 13.9. The number of hydrogen-bond acceptors (Lipinski definition) is 2. The van der Waals surface area contributed by atoms with E-state index in [-0.39, 0.29) is 18.2 Å². The maximum atomic E-state index is 13.9. The molecule has 2 aromatic carbocycles. The van der Waals surface area contributed by atoms with Gasteiger partial charge in [0.25, 0.3) is 0 Å². The standard InChI is InChI=1S/C19H23F2NO/c1-12(2)23-17-7-5-6-15(10-17)13(3)22-14(4)18-9-8-16(20)11-19(18)21/h5-14,22H,1-4H3. The fourth-order valence-electron chi connectivity index (χ4n) is 2.54. The van der Waals surface area contributed by atoms with Crippen molar-refractivity contribution in [1.29, 1.82) is 0 Å². The van der Waals surface area contributed by atoms with Crippen molar-refractivity contribution in [1.82, 2.24) is 5.32 Å². The summed E-state index contributed by atoms with van der Waals surface area (Å²) in [6.45, 7) is 7.83. The minimum absolute atomic E-state index is 0.00478. The molecule has 23 heavy (non-hydrogen) atoms. The van der Waals surface area contributed by atoms with Crippen LogP contribution in [0.5, 0.6) is 5.75 Å². The Labute approximate surface area is 136 Å². The second kappa shape index (κ2) is 7.55. The summed E-state index contributed by atoms with van der Waals surface area (Å²) in [7, 11) is 0. The van der Waals surface area contributed by atoms with Gasteiger partial charge >= 0.3 is 0 Å². The van der Waals surface area contributed by atoms with Crippen molar-refractivity contribution in [2.45, 2.75) is 45.9 Å². The van der Waals surface area contributed by atoms with E-state index in [4.69, 9.17) is 4.74 Å². The van der Waals surface area contributed by atoms with Gasteiger partial charge in [-0.2, -0.15) is 0 Å². The summed E-state index contributed by atoms with van der Waals surface area (Å²) < 4.78 is 32.6. The van der Waals surface area contributed by atoms with Crippen LogP contribution in [0.2, 0.25) is 0 Å². The molecule has 0 fully saturated rings. The molecule has 0 radical (unpaired) electrons. The highest BCUT2D eigenvalue weighted by molar-refractivity contribution is 5.31. The summed E-state index contributed by atoms with van der Waals surface area (Å²) >= 11 is 0. The number of rotatable bonds is 6. The molecule has 0 spiro atoms. The van der Waals surface area contributed by atoms with E-state index in [0.717, 1.165) is 17.4 Å². The van der Waals surface area contributed by atoms with Crippen molar-refractivity contribution in [3.05, 3.63) is 65.2 Å². The van der Waals surface area contributed by atoms with Gasteiger partial charge in [-0.3, -0.25) is 0 Å². The highest BCUT2D eigenvalue weighted by atomic mass is 19.1.